The van der Waals surface area contributed by atoms with Crippen molar-refractivity contribution in [2.75, 3.05) is 6.61 Å². The number of nitrogens with zero attached hydrogens (tertiary/aromatic N) is 1. The van der Waals surface area contributed by atoms with Gasteiger partial charge in [-0.2, -0.15) is 5.26 Å². The Labute approximate surface area is 124 Å². The lowest BCUT2D eigenvalue weighted by Gasteiger charge is -2.10. The van der Waals surface area contributed by atoms with E-state index >= 15 is 0 Å². The van der Waals surface area contributed by atoms with E-state index in [4.69, 9.17) is 4.74 Å². The lowest BCUT2D eigenvalue weighted by molar-refractivity contribution is 0.305. The summed E-state index contributed by atoms with van der Waals surface area (Å²) in [5.74, 6) is 0.348. The lowest BCUT2D eigenvalue weighted by atomic mass is 9.96. The van der Waals surface area contributed by atoms with Crippen molar-refractivity contribution in [1.82, 2.24) is 0 Å². The van der Waals surface area contributed by atoms with Gasteiger partial charge in [-0.1, -0.05) is 29.8 Å². The summed E-state index contributed by atoms with van der Waals surface area (Å²) in [6, 6.07) is 16.3. The quantitative estimate of drug-likeness (QED) is 0.726. The molecule has 0 radical (unpaired) electrons. The maximum atomic E-state index is 12.9. The topological polar surface area (TPSA) is 33.0 Å². The molecule has 2 nitrogen and oxygen atoms in total. The Morgan fingerprint density at radius 1 is 1.10 bits per heavy atom. The summed E-state index contributed by atoms with van der Waals surface area (Å²) in [6.07, 6.45) is 1.48. The molecule has 0 aliphatic rings. The van der Waals surface area contributed by atoms with Gasteiger partial charge in [0.05, 0.1) is 18.6 Å². The summed E-state index contributed by atoms with van der Waals surface area (Å²) < 4.78 is 18.5. The number of halogens is 1. The molecule has 2 rings (SSSR count). The molecule has 21 heavy (non-hydrogen) atoms. The molecule has 0 fully saturated rings. The molecule has 0 amide bonds. The molecule has 3 heteroatoms. The molecule has 0 aliphatic carbocycles. The van der Waals surface area contributed by atoms with E-state index in [9.17, 15) is 9.65 Å². The number of hydrogen-bond donors (Lipinski definition) is 0. The molecule has 0 aromatic heterocycles. The fourth-order valence-corrected chi connectivity index (χ4v) is 2.11. The second-order valence-corrected chi connectivity index (χ2v) is 5.04. The van der Waals surface area contributed by atoms with Crippen LogP contribution in [0.15, 0.2) is 48.5 Å². The van der Waals surface area contributed by atoms with Gasteiger partial charge in [-0.05, 0) is 49.6 Å². The van der Waals surface area contributed by atoms with Crippen LogP contribution in [0, 0.1) is 24.1 Å². The number of hydrogen-bond acceptors (Lipinski definition) is 2. The zero-order valence-corrected chi connectivity index (χ0v) is 12.1. The smallest absolute Gasteiger partial charge is 0.123 e. The van der Waals surface area contributed by atoms with Gasteiger partial charge in [0.15, 0.2) is 0 Å². The third-order valence-corrected chi connectivity index (χ3v) is 3.36. The van der Waals surface area contributed by atoms with Gasteiger partial charge in [0.2, 0.25) is 0 Å². The molecule has 1 unspecified atom stereocenters. The SMILES string of the molecule is Cc1ccc(OCCCC(C#N)c2ccc(F)cc2)cc1. The van der Waals surface area contributed by atoms with E-state index in [1.807, 2.05) is 31.2 Å². The first-order chi connectivity index (χ1) is 10.2. The number of rotatable bonds is 6. The van der Waals surface area contributed by atoms with Crippen LogP contribution in [0.3, 0.4) is 0 Å². The van der Waals surface area contributed by atoms with Gasteiger partial charge >= 0.3 is 0 Å². The van der Waals surface area contributed by atoms with Crippen molar-refractivity contribution in [3.8, 4) is 11.8 Å². The maximum Gasteiger partial charge on any atom is 0.123 e. The van der Waals surface area contributed by atoms with Gasteiger partial charge in [-0.15, -0.1) is 0 Å². The Bertz CT molecular complexity index is 599. The highest BCUT2D eigenvalue weighted by molar-refractivity contribution is 5.26. The van der Waals surface area contributed by atoms with Gasteiger partial charge in [0.25, 0.3) is 0 Å². The van der Waals surface area contributed by atoms with Gasteiger partial charge in [-0.3, -0.25) is 0 Å². The summed E-state index contributed by atoms with van der Waals surface area (Å²) in [4.78, 5) is 0. The van der Waals surface area contributed by atoms with E-state index in [2.05, 4.69) is 6.07 Å². The zero-order valence-electron chi connectivity index (χ0n) is 12.1. The number of ether oxygens (including phenoxy) is 1. The van der Waals surface area contributed by atoms with Crippen molar-refractivity contribution in [3.05, 3.63) is 65.5 Å². The molecule has 2 aromatic rings. The van der Waals surface area contributed by atoms with Gasteiger partial charge in [-0.25, -0.2) is 4.39 Å². The number of nitriles is 1. The summed E-state index contributed by atoms with van der Waals surface area (Å²) in [6.45, 7) is 2.60. The van der Waals surface area contributed by atoms with Crippen molar-refractivity contribution in [3.63, 3.8) is 0 Å². The van der Waals surface area contributed by atoms with Crippen LogP contribution in [0.25, 0.3) is 0 Å². The number of benzene rings is 2. The Morgan fingerprint density at radius 2 is 1.76 bits per heavy atom. The molecule has 0 aliphatic heterocycles. The van der Waals surface area contributed by atoms with Crippen molar-refractivity contribution < 1.29 is 9.13 Å². The average Bonchev–Trinajstić information content (AvgIpc) is 2.50. The van der Waals surface area contributed by atoms with Crippen LogP contribution in [0.2, 0.25) is 0 Å². The Hall–Kier alpha value is -2.34. The van der Waals surface area contributed by atoms with Gasteiger partial charge in [0, 0.05) is 0 Å². The Kier molecular flexibility index (Phi) is 5.34. The molecule has 0 bridgehead atoms. The fourth-order valence-electron chi connectivity index (χ4n) is 2.11. The van der Waals surface area contributed by atoms with Crippen LogP contribution < -0.4 is 4.74 Å². The van der Waals surface area contributed by atoms with E-state index in [0.717, 1.165) is 17.7 Å². The van der Waals surface area contributed by atoms with Gasteiger partial charge in [0.1, 0.15) is 11.6 Å². The molecule has 0 saturated carbocycles. The summed E-state index contributed by atoms with van der Waals surface area (Å²) in [5.41, 5.74) is 2.05. The first kappa shape index (κ1) is 15.1. The highest BCUT2D eigenvalue weighted by Crippen LogP contribution is 2.21. The van der Waals surface area contributed by atoms with Crippen LogP contribution in [-0.2, 0) is 0 Å². The minimum atomic E-state index is -0.279. The molecule has 0 saturated heterocycles. The van der Waals surface area contributed by atoms with Crippen molar-refractivity contribution in [2.45, 2.75) is 25.7 Å². The molecule has 0 N–H and O–H groups in total. The molecular formula is C18H18FNO. The van der Waals surface area contributed by atoms with Crippen LogP contribution in [0.1, 0.15) is 29.9 Å². The maximum absolute atomic E-state index is 12.9. The fraction of sp³-hybridized carbons (Fsp3) is 0.278. The van der Waals surface area contributed by atoms with Crippen molar-refractivity contribution in [2.24, 2.45) is 0 Å². The van der Waals surface area contributed by atoms with Gasteiger partial charge < -0.3 is 4.74 Å². The Balaban J connectivity index is 1.80. The monoisotopic (exact) mass is 283 g/mol. The standard InChI is InChI=1S/C18H18FNO/c1-14-4-10-18(11-5-14)21-12-2-3-16(13-20)15-6-8-17(19)9-7-15/h4-11,16H,2-3,12H2,1H3. The third kappa shape index (κ3) is 4.61. The lowest BCUT2D eigenvalue weighted by Crippen LogP contribution is -2.02. The predicted octanol–water partition coefficient (Wildman–Crippen LogP) is 4.60. The molecular weight excluding hydrogens is 265 g/mol. The highest BCUT2D eigenvalue weighted by Gasteiger charge is 2.10. The van der Waals surface area contributed by atoms with E-state index in [0.29, 0.717) is 13.0 Å². The second kappa shape index (κ2) is 7.44. The summed E-state index contributed by atoms with van der Waals surface area (Å²) in [5, 5.41) is 9.21. The highest BCUT2D eigenvalue weighted by atomic mass is 19.1. The van der Waals surface area contributed by atoms with Crippen LogP contribution in [0.4, 0.5) is 4.39 Å². The van der Waals surface area contributed by atoms with E-state index in [1.165, 1.54) is 17.7 Å². The van der Waals surface area contributed by atoms with Crippen molar-refractivity contribution in [1.29, 1.82) is 5.26 Å². The minimum absolute atomic E-state index is 0.216. The van der Waals surface area contributed by atoms with E-state index in [1.54, 1.807) is 12.1 Å². The third-order valence-electron chi connectivity index (χ3n) is 3.36. The molecule has 2 aromatic carbocycles. The summed E-state index contributed by atoms with van der Waals surface area (Å²) in [7, 11) is 0. The molecule has 0 spiro atoms. The zero-order chi connectivity index (χ0) is 15.1. The second-order valence-electron chi connectivity index (χ2n) is 5.04. The summed E-state index contributed by atoms with van der Waals surface area (Å²) >= 11 is 0. The minimum Gasteiger partial charge on any atom is -0.494 e. The van der Waals surface area contributed by atoms with Crippen molar-refractivity contribution >= 4 is 0 Å². The normalized spacial score (nSPS) is 11.7. The molecule has 108 valence electrons. The first-order valence-corrected chi connectivity index (χ1v) is 7.03. The molecule has 1 atom stereocenters. The number of aryl methyl sites for hydroxylation is 1. The van der Waals surface area contributed by atoms with E-state index in [-0.39, 0.29) is 11.7 Å². The largest absolute Gasteiger partial charge is 0.494 e. The van der Waals surface area contributed by atoms with Crippen LogP contribution in [0.5, 0.6) is 5.75 Å². The Morgan fingerprint density at radius 3 is 2.38 bits per heavy atom. The molecule has 0 heterocycles. The van der Waals surface area contributed by atoms with Crippen LogP contribution >= 0.6 is 0 Å². The van der Waals surface area contributed by atoms with Crippen LogP contribution in [-0.4, -0.2) is 6.61 Å². The first-order valence-electron chi connectivity index (χ1n) is 7.03. The predicted molar refractivity (Wildman–Crippen MR) is 80.7 cm³/mol. The van der Waals surface area contributed by atoms with E-state index < -0.39 is 0 Å². The average molecular weight is 283 g/mol.